The fourth-order valence-corrected chi connectivity index (χ4v) is 5.07. The smallest absolute Gasteiger partial charge is 0.265 e. The van der Waals surface area contributed by atoms with Crippen LogP contribution in [0.15, 0.2) is 69.8 Å². The number of H-pyrrole nitrogens is 1. The molecule has 0 radical (unpaired) electrons. The van der Waals surface area contributed by atoms with E-state index >= 15 is 0 Å². The predicted molar refractivity (Wildman–Crippen MR) is 116 cm³/mol. The number of anilines is 1. The zero-order valence-electron chi connectivity index (χ0n) is 16.5. The Labute approximate surface area is 182 Å². The van der Waals surface area contributed by atoms with Crippen LogP contribution >= 0.6 is 11.8 Å². The maximum absolute atomic E-state index is 13.3. The van der Waals surface area contributed by atoms with Crippen molar-refractivity contribution in [1.82, 2.24) is 15.2 Å². The third kappa shape index (κ3) is 4.09. The van der Waals surface area contributed by atoms with Crippen molar-refractivity contribution in [3.63, 3.8) is 0 Å². The molecular weight excluding hydrogens is 440 g/mol. The summed E-state index contributed by atoms with van der Waals surface area (Å²) in [6.45, 7) is 0. The van der Waals surface area contributed by atoms with Gasteiger partial charge in [0.25, 0.3) is 10.0 Å². The average Bonchev–Trinajstić information content (AvgIpc) is 3.29. The lowest BCUT2D eigenvalue weighted by molar-refractivity contribution is 0.392. The number of rotatable bonds is 7. The molecule has 1 heterocycles. The van der Waals surface area contributed by atoms with Crippen molar-refractivity contribution >= 4 is 38.2 Å². The van der Waals surface area contributed by atoms with E-state index in [-0.39, 0.29) is 22.1 Å². The largest absolute Gasteiger partial charge is 0.506 e. The van der Waals surface area contributed by atoms with Crippen LogP contribution < -0.4 is 14.2 Å². The summed E-state index contributed by atoms with van der Waals surface area (Å²) in [5.74, 6) is 0.552. The van der Waals surface area contributed by atoms with Crippen LogP contribution in [0, 0.1) is 0 Å². The number of fused-ring (bicyclic) bond motifs is 1. The number of aromatic amines is 1. The lowest BCUT2D eigenvalue weighted by Gasteiger charge is -2.16. The van der Waals surface area contributed by atoms with Gasteiger partial charge in [-0.25, -0.2) is 13.4 Å². The first kappa shape index (κ1) is 20.8. The lowest BCUT2D eigenvalue weighted by Crippen LogP contribution is -2.14. The molecular formula is C20H18N4O5S2. The maximum Gasteiger partial charge on any atom is 0.265 e. The molecule has 0 fully saturated rings. The summed E-state index contributed by atoms with van der Waals surface area (Å²) in [7, 11) is -1.21. The maximum atomic E-state index is 13.3. The molecule has 0 aliphatic carbocycles. The van der Waals surface area contributed by atoms with E-state index in [1.165, 1.54) is 32.7 Å². The molecule has 0 bridgehead atoms. The number of nitrogens with zero attached hydrogens (tertiary/aromatic N) is 2. The van der Waals surface area contributed by atoms with Gasteiger partial charge in [0, 0.05) is 16.8 Å². The van der Waals surface area contributed by atoms with Gasteiger partial charge in [-0.3, -0.25) is 9.82 Å². The van der Waals surface area contributed by atoms with Gasteiger partial charge < -0.3 is 14.6 Å². The molecule has 160 valence electrons. The van der Waals surface area contributed by atoms with E-state index in [0.717, 1.165) is 11.8 Å². The number of hydrogen-bond acceptors (Lipinski definition) is 8. The Kier molecular flexibility index (Phi) is 5.61. The van der Waals surface area contributed by atoms with Crippen LogP contribution in [0.5, 0.6) is 17.2 Å². The van der Waals surface area contributed by atoms with Gasteiger partial charge in [0.05, 0.1) is 24.8 Å². The fraction of sp³-hybridized carbons (Fsp3) is 0.100. The molecule has 0 spiro atoms. The number of aromatic hydroxyl groups is 1. The molecule has 0 unspecified atom stereocenters. The Morgan fingerprint density at radius 3 is 2.52 bits per heavy atom. The summed E-state index contributed by atoms with van der Waals surface area (Å²) in [5, 5.41) is 18.7. The van der Waals surface area contributed by atoms with E-state index in [2.05, 4.69) is 19.9 Å². The minimum absolute atomic E-state index is 0.00677. The number of benzene rings is 3. The average molecular weight is 459 g/mol. The van der Waals surface area contributed by atoms with E-state index in [1.807, 2.05) is 0 Å². The van der Waals surface area contributed by atoms with Crippen molar-refractivity contribution in [1.29, 1.82) is 0 Å². The van der Waals surface area contributed by atoms with Gasteiger partial charge in [-0.2, -0.15) is 0 Å². The first-order valence-corrected chi connectivity index (χ1v) is 11.3. The number of ether oxygens (including phenoxy) is 2. The Balaban J connectivity index is 1.83. The quantitative estimate of drug-likeness (QED) is 0.358. The van der Waals surface area contributed by atoms with Gasteiger partial charge in [0.2, 0.25) is 5.16 Å². The predicted octanol–water partition coefficient (Wildman–Crippen LogP) is 3.63. The molecule has 1 aromatic heterocycles. The minimum Gasteiger partial charge on any atom is -0.506 e. The molecule has 0 saturated heterocycles. The van der Waals surface area contributed by atoms with Crippen molar-refractivity contribution in [2.75, 3.05) is 18.9 Å². The molecule has 4 aromatic rings. The van der Waals surface area contributed by atoms with E-state index in [0.29, 0.717) is 26.6 Å². The Morgan fingerprint density at radius 1 is 1.06 bits per heavy atom. The Hall–Kier alpha value is -3.44. The van der Waals surface area contributed by atoms with Gasteiger partial charge in [-0.05, 0) is 30.0 Å². The van der Waals surface area contributed by atoms with Gasteiger partial charge in [-0.15, -0.1) is 5.10 Å². The van der Waals surface area contributed by atoms with Crippen molar-refractivity contribution in [3.8, 4) is 17.2 Å². The number of nitrogens with one attached hydrogen (secondary N) is 2. The number of sulfonamides is 1. The van der Waals surface area contributed by atoms with E-state index in [9.17, 15) is 13.5 Å². The van der Waals surface area contributed by atoms with E-state index < -0.39 is 10.0 Å². The van der Waals surface area contributed by atoms with Gasteiger partial charge >= 0.3 is 0 Å². The van der Waals surface area contributed by atoms with Gasteiger partial charge in [-0.1, -0.05) is 24.3 Å². The first-order valence-electron chi connectivity index (χ1n) is 8.96. The highest BCUT2D eigenvalue weighted by Gasteiger charge is 2.23. The van der Waals surface area contributed by atoms with Gasteiger partial charge in [0.1, 0.15) is 28.5 Å². The van der Waals surface area contributed by atoms with Crippen LogP contribution in [0.3, 0.4) is 0 Å². The Morgan fingerprint density at radius 2 is 1.84 bits per heavy atom. The third-order valence-electron chi connectivity index (χ3n) is 4.48. The fourth-order valence-electron chi connectivity index (χ4n) is 3.03. The van der Waals surface area contributed by atoms with E-state index in [1.54, 1.807) is 36.4 Å². The van der Waals surface area contributed by atoms with Crippen molar-refractivity contribution in [2.45, 2.75) is 14.9 Å². The lowest BCUT2D eigenvalue weighted by atomic mass is 10.1. The highest BCUT2D eigenvalue weighted by Crippen LogP contribution is 2.42. The monoisotopic (exact) mass is 458 g/mol. The molecule has 0 amide bonds. The number of methoxy groups -OCH3 is 2. The second-order valence-corrected chi connectivity index (χ2v) is 8.98. The Bertz CT molecular complexity index is 1340. The van der Waals surface area contributed by atoms with Crippen LogP contribution in [0.2, 0.25) is 0 Å². The van der Waals surface area contributed by atoms with Crippen LogP contribution in [0.4, 0.5) is 5.69 Å². The van der Waals surface area contributed by atoms with Crippen molar-refractivity contribution < 1.29 is 23.0 Å². The highest BCUT2D eigenvalue weighted by atomic mass is 32.2. The number of phenolic OH excluding ortho intramolecular Hbond substituents is 1. The summed E-state index contributed by atoms with van der Waals surface area (Å²) in [5.41, 5.74) is 0.288. The van der Waals surface area contributed by atoms with Crippen LogP contribution in [0.25, 0.3) is 10.8 Å². The van der Waals surface area contributed by atoms with Crippen LogP contribution in [-0.4, -0.2) is 42.9 Å². The molecule has 9 nitrogen and oxygen atoms in total. The summed E-state index contributed by atoms with van der Waals surface area (Å²) < 4.78 is 39.5. The van der Waals surface area contributed by atoms with Crippen molar-refractivity contribution in [3.05, 3.63) is 54.9 Å². The van der Waals surface area contributed by atoms with Gasteiger partial charge in [0.15, 0.2) is 0 Å². The highest BCUT2D eigenvalue weighted by molar-refractivity contribution is 7.99. The molecule has 11 heteroatoms. The molecule has 4 rings (SSSR count). The second kappa shape index (κ2) is 8.36. The zero-order chi connectivity index (χ0) is 22.0. The summed E-state index contributed by atoms with van der Waals surface area (Å²) in [6.07, 6.45) is 1.42. The van der Waals surface area contributed by atoms with Crippen LogP contribution in [-0.2, 0) is 10.0 Å². The molecule has 0 saturated carbocycles. The standard InChI is InChI=1S/C20H18N4O5S2/c1-28-12-7-8-16(29-2)18(9-12)31(26,27)24-15-10-17(30-20-21-11-22-23-20)19(25)14-6-4-3-5-13(14)15/h3-11,24-25H,1-2H3,(H,21,22,23). The SMILES string of the molecule is COc1ccc(OC)c(S(=O)(=O)Nc2cc(Sc3nc[nH]n3)c(O)c3ccccc23)c1. The summed E-state index contributed by atoms with van der Waals surface area (Å²) in [4.78, 5) is 4.36. The minimum atomic E-state index is -4.06. The molecule has 0 aliphatic heterocycles. The molecule has 0 aliphatic rings. The third-order valence-corrected chi connectivity index (χ3v) is 6.78. The second-order valence-electron chi connectivity index (χ2n) is 6.32. The topological polar surface area (TPSA) is 126 Å². The zero-order valence-corrected chi connectivity index (χ0v) is 18.1. The molecule has 3 aromatic carbocycles. The number of hydrogen-bond donors (Lipinski definition) is 3. The number of aromatic nitrogens is 3. The molecule has 3 N–H and O–H groups in total. The summed E-state index contributed by atoms with van der Waals surface area (Å²) >= 11 is 1.10. The molecule has 31 heavy (non-hydrogen) atoms. The van der Waals surface area contributed by atoms with Crippen LogP contribution in [0.1, 0.15) is 0 Å². The normalized spacial score (nSPS) is 11.4. The van der Waals surface area contributed by atoms with Crippen molar-refractivity contribution in [2.24, 2.45) is 0 Å². The molecule has 0 atom stereocenters. The first-order chi connectivity index (χ1) is 14.9. The van der Waals surface area contributed by atoms with E-state index in [4.69, 9.17) is 9.47 Å². The summed E-state index contributed by atoms with van der Waals surface area (Å²) in [6, 6.07) is 13.0. The number of phenols is 1.